The van der Waals surface area contributed by atoms with Crippen molar-refractivity contribution in [3.8, 4) is 0 Å². The largest absolute Gasteiger partial charge is 0.358 e. The van der Waals surface area contributed by atoms with Crippen LogP contribution in [0.15, 0.2) is 41.6 Å². The average Bonchev–Trinajstić information content (AvgIpc) is 2.52. The standard InChI is InChI=1S/C19H21NO2/c21-18(7-6-13-4-2-1-3-5-13)22-20-19-16-9-14-8-15(11-16)12-17(19)10-14/h1-7,14-17H,8-12H2. The zero-order chi connectivity index (χ0) is 14.9. The lowest BCUT2D eigenvalue weighted by Crippen LogP contribution is -2.45. The third-order valence-electron chi connectivity index (χ3n) is 5.43. The lowest BCUT2D eigenvalue weighted by molar-refractivity contribution is -0.137. The lowest BCUT2D eigenvalue weighted by Gasteiger charge is -2.49. The van der Waals surface area contributed by atoms with E-state index in [1.165, 1.54) is 38.2 Å². The molecule has 0 aromatic heterocycles. The maximum Gasteiger partial charge on any atom is 0.358 e. The molecule has 114 valence electrons. The van der Waals surface area contributed by atoms with Gasteiger partial charge in [0, 0.05) is 17.9 Å². The molecule has 0 spiro atoms. The van der Waals surface area contributed by atoms with Crippen LogP contribution in [0.2, 0.25) is 0 Å². The summed E-state index contributed by atoms with van der Waals surface area (Å²) in [7, 11) is 0. The van der Waals surface area contributed by atoms with Gasteiger partial charge in [0.1, 0.15) is 0 Å². The van der Waals surface area contributed by atoms with Crippen molar-refractivity contribution in [2.75, 3.05) is 0 Å². The molecule has 1 aromatic rings. The summed E-state index contributed by atoms with van der Waals surface area (Å²) in [4.78, 5) is 17.0. The van der Waals surface area contributed by atoms with E-state index in [0.29, 0.717) is 11.8 Å². The molecular weight excluding hydrogens is 274 g/mol. The summed E-state index contributed by atoms with van der Waals surface area (Å²) in [5.74, 6) is 2.56. The molecule has 5 rings (SSSR count). The normalized spacial score (nSPS) is 32.5. The van der Waals surface area contributed by atoms with Crippen LogP contribution in [-0.4, -0.2) is 11.7 Å². The Kier molecular flexibility index (Phi) is 3.57. The summed E-state index contributed by atoms with van der Waals surface area (Å²) >= 11 is 0. The molecule has 0 unspecified atom stereocenters. The third kappa shape index (κ3) is 2.72. The van der Waals surface area contributed by atoms with Crippen molar-refractivity contribution in [1.82, 2.24) is 0 Å². The highest BCUT2D eigenvalue weighted by Gasteiger charge is 2.46. The van der Waals surface area contributed by atoms with Gasteiger partial charge >= 0.3 is 5.97 Å². The van der Waals surface area contributed by atoms with Gasteiger partial charge in [0.25, 0.3) is 0 Å². The molecule has 22 heavy (non-hydrogen) atoms. The molecule has 0 radical (unpaired) electrons. The van der Waals surface area contributed by atoms with Crippen LogP contribution in [0.4, 0.5) is 0 Å². The molecule has 4 fully saturated rings. The van der Waals surface area contributed by atoms with Crippen molar-refractivity contribution in [2.24, 2.45) is 28.8 Å². The molecule has 0 atom stereocenters. The van der Waals surface area contributed by atoms with Gasteiger partial charge in [-0.15, -0.1) is 0 Å². The number of rotatable bonds is 3. The molecule has 0 amide bonds. The van der Waals surface area contributed by atoms with Gasteiger partial charge in [-0.3, -0.25) is 0 Å². The Labute approximate surface area is 131 Å². The van der Waals surface area contributed by atoms with Gasteiger partial charge in [-0.2, -0.15) is 0 Å². The van der Waals surface area contributed by atoms with Crippen LogP contribution in [0.25, 0.3) is 6.08 Å². The first-order valence-corrected chi connectivity index (χ1v) is 8.30. The molecule has 3 heteroatoms. The van der Waals surface area contributed by atoms with E-state index >= 15 is 0 Å². The van der Waals surface area contributed by atoms with Gasteiger partial charge in [0.05, 0.1) is 5.71 Å². The number of carbonyl (C=O) groups excluding carboxylic acids is 1. The average molecular weight is 295 g/mol. The van der Waals surface area contributed by atoms with Crippen LogP contribution in [0.3, 0.4) is 0 Å². The predicted octanol–water partition coefficient (Wildman–Crippen LogP) is 4.06. The van der Waals surface area contributed by atoms with Crippen molar-refractivity contribution in [1.29, 1.82) is 0 Å². The van der Waals surface area contributed by atoms with E-state index in [9.17, 15) is 4.79 Å². The summed E-state index contributed by atoms with van der Waals surface area (Å²) in [5.41, 5.74) is 2.15. The first-order chi connectivity index (χ1) is 10.8. The highest BCUT2D eigenvalue weighted by atomic mass is 16.7. The first-order valence-electron chi connectivity index (χ1n) is 8.30. The summed E-state index contributed by atoms with van der Waals surface area (Å²) < 4.78 is 0. The van der Waals surface area contributed by atoms with E-state index in [2.05, 4.69) is 5.16 Å². The number of nitrogens with zero attached hydrogens (tertiary/aromatic N) is 1. The van der Waals surface area contributed by atoms with E-state index in [4.69, 9.17) is 4.84 Å². The second-order valence-corrected chi connectivity index (χ2v) is 6.97. The topological polar surface area (TPSA) is 38.7 Å². The van der Waals surface area contributed by atoms with Crippen LogP contribution in [0, 0.1) is 23.7 Å². The molecule has 0 heterocycles. The first kappa shape index (κ1) is 13.7. The van der Waals surface area contributed by atoms with Crippen LogP contribution >= 0.6 is 0 Å². The van der Waals surface area contributed by atoms with Crippen molar-refractivity contribution >= 4 is 17.8 Å². The molecule has 0 N–H and O–H groups in total. The molecule has 4 aliphatic rings. The monoisotopic (exact) mass is 295 g/mol. The van der Waals surface area contributed by atoms with Gasteiger partial charge in [0.2, 0.25) is 0 Å². The van der Waals surface area contributed by atoms with E-state index in [0.717, 1.165) is 23.1 Å². The van der Waals surface area contributed by atoms with Gasteiger partial charge in [0.15, 0.2) is 0 Å². The van der Waals surface area contributed by atoms with Gasteiger partial charge in [-0.1, -0.05) is 35.5 Å². The number of benzene rings is 1. The molecule has 3 nitrogen and oxygen atoms in total. The quantitative estimate of drug-likeness (QED) is 0.479. The number of hydrogen-bond acceptors (Lipinski definition) is 3. The summed E-state index contributed by atoms with van der Waals surface area (Å²) in [5, 5.41) is 4.25. The molecule has 4 aliphatic carbocycles. The fourth-order valence-corrected chi connectivity index (χ4v) is 4.67. The molecule has 4 bridgehead atoms. The van der Waals surface area contributed by atoms with Crippen LogP contribution < -0.4 is 0 Å². The van der Waals surface area contributed by atoms with Crippen molar-refractivity contribution < 1.29 is 9.63 Å². The highest BCUT2D eigenvalue weighted by Crippen LogP contribution is 2.52. The van der Waals surface area contributed by atoms with Gasteiger partial charge in [-0.25, -0.2) is 4.79 Å². The van der Waals surface area contributed by atoms with Gasteiger partial charge in [-0.05, 0) is 55.6 Å². The van der Waals surface area contributed by atoms with Crippen LogP contribution in [0.1, 0.15) is 37.7 Å². The maximum absolute atomic E-state index is 11.8. The van der Waals surface area contributed by atoms with E-state index in [1.54, 1.807) is 6.08 Å². The Balaban J connectivity index is 1.39. The van der Waals surface area contributed by atoms with E-state index in [1.807, 2.05) is 30.3 Å². The number of hydrogen-bond donors (Lipinski definition) is 0. The fourth-order valence-electron chi connectivity index (χ4n) is 4.67. The maximum atomic E-state index is 11.8. The molecule has 0 aliphatic heterocycles. The minimum Gasteiger partial charge on any atom is -0.314 e. The van der Waals surface area contributed by atoms with Crippen LogP contribution in [-0.2, 0) is 9.63 Å². The summed E-state index contributed by atoms with van der Waals surface area (Å²) in [6.07, 6.45) is 9.65. The van der Waals surface area contributed by atoms with Crippen molar-refractivity contribution in [3.63, 3.8) is 0 Å². The second kappa shape index (κ2) is 5.71. The Hall–Kier alpha value is -1.90. The van der Waals surface area contributed by atoms with Crippen molar-refractivity contribution in [2.45, 2.75) is 32.1 Å². The molecular formula is C19H21NO2. The van der Waals surface area contributed by atoms with Crippen LogP contribution in [0.5, 0.6) is 0 Å². The second-order valence-electron chi connectivity index (χ2n) is 6.97. The van der Waals surface area contributed by atoms with E-state index < -0.39 is 0 Å². The number of oxime groups is 1. The zero-order valence-corrected chi connectivity index (χ0v) is 12.7. The number of carbonyl (C=O) groups is 1. The smallest absolute Gasteiger partial charge is 0.314 e. The fraction of sp³-hybridized carbons (Fsp3) is 0.474. The highest BCUT2D eigenvalue weighted by molar-refractivity contribution is 5.92. The third-order valence-corrected chi connectivity index (χ3v) is 5.43. The molecule has 0 saturated heterocycles. The Morgan fingerprint density at radius 1 is 1.00 bits per heavy atom. The Bertz CT molecular complexity index is 588. The summed E-state index contributed by atoms with van der Waals surface area (Å²) in [6.45, 7) is 0. The predicted molar refractivity (Wildman–Crippen MR) is 86.0 cm³/mol. The molecule has 4 saturated carbocycles. The molecule has 1 aromatic carbocycles. The Morgan fingerprint density at radius 3 is 2.27 bits per heavy atom. The lowest BCUT2D eigenvalue weighted by atomic mass is 9.55. The minimum absolute atomic E-state index is 0.384. The SMILES string of the molecule is O=C(C=Cc1ccccc1)ON=C1C2CC3CC(C2)CC1C3. The summed E-state index contributed by atoms with van der Waals surface area (Å²) in [6, 6.07) is 9.74. The van der Waals surface area contributed by atoms with E-state index in [-0.39, 0.29) is 5.97 Å². The zero-order valence-electron chi connectivity index (χ0n) is 12.7. The van der Waals surface area contributed by atoms with Gasteiger partial charge < -0.3 is 4.84 Å². The van der Waals surface area contributed by atoms with Crippen molar-refractivity contribution in [3.05, 3.63) is 42.0 Å². The minimum atomic E-state index is -0.384. The Morgan fingerprint density at radius 2 is 1.64 bits per heavy atom.